The number of nitrogens with one attached hydrogen (secondary N) is 2. The second-order valence-electron chi connectivity index (χ2n) is 8.52. The van der Waals surface area contributed by atoms with Gasteiger partial charge in [0.15, 0.2) is 0 Å². The molecule has 8 nitrogen and oxygen atoms in total. The van der Waals surface area contributed by atoms with Gasteiger partial charge in [-0.1, -0.05) is 12.2 Å². The first-order chi connectivity index (χ1) is 14.2. The summed E-state index contributed by atoms with van der Waals surface area (Å²) in [5, 5.41) is 17.2. The predicted molar refractivity (Wildman–Crippen MR) is 113 cm³/mol. The Labute approximate surface area is 181 Å². The second kappa shape index (κ2) is 9.28. The van der Waals surface area contributed by atoms with E-state index in [1.54, 1.807) is 0 Å². The summed E-state index contributed by atoms with van der Waals surface area (Å²) in [4.78, 5) is 36.3. The van der Waals surface area contributed by atoms with E-state index in [-0.39, 0.29) is 29.4 Å². The normalized spacial score (nSPS) is 34.7. The number of rotatable bonds is 8. The van der Waals surface area contributed by atoms with Crippen LogP contribution in [-0.4, -0.2) is 71.4 Å². The van der Waals surface area contributed by atoms with E-state index in [0.717, 1.165) is 19.3 Å². The second-order valence-corrected chi connectivity index (χ2v) is 9.55. The largest absolute Gasteiger partial charge is 0.467 e. The van der Waals surface area contributed by atoms with Gasteiger partial charge in [0.05, 0.1) is 19.1 Å². The fourth-order valence-electron chi connectivity index (χ4n) is 5.01. The maximum Gasteiger partial charge on any atom is 0.329 e. The standard InChI is InChI=1S/C21H32N2O6S/c1-13(24)22-16(19(27)28-3)11-30-12-21(17(25)14-7-5-4-6-8-14)20(2)15(9-10-29-20)18(26)23-21/h5,7,14-17,25H,4,6,8-12H2,1-3H3,(H,22,24)(H,23,26)/t14-,15?,16?,17+,20+,21-/m1/s1. The van der Waals surface area contributed by atoms with Gasteiger partial charge in [0.1, 0.15) is 17.2 Å². The lowest BCUT2D eigenvalue weighted by atomic mass is 9.70. The summed E-state index contributed by atoms with van der Waals surface area (Å²) in [6, 6.07) is -0.800. The van der Waals surface area contributed by atoms with Crippen molar-refractivity contribution in [3.63, 3.8) is 0 Å². The Kier molecular flexibility index (Phi) is 7.14. The molecule has 0 aromatic heterocycles. The highest BCUT2D eigenvalue weighted by atomic mass is 32.2. The minimum absolute atomic E-state index is 0.0776. The SMILES string of the molecule is COC(=O)C(CSC[C@]1([C@@H](O)[C@@H]2C=CCCC2)NC(=O)C2CCO[C@@]21C)NC(C)=O. The van der Waals surface area contributed by atoms with Crippen molar-refractivity contribution >= 4 is 29.5 Å². The van der Waals surface area contributed by atoms with Crippen LogP contribution in [0.2, 0.25) is 0 Å². The zero-order valence-corrected chi connectivity index (χ0v) is 18.6. The number of esters is 1. The quantitative estimate of drug-likeness (QED) is 0.377. The monoisotopic (exact) mass is 440 g/mol. The van der Waals surface area contributed by atoms with Crippen molar-refractivity contribution in [2.24, 2.45) is 11.8 Å². The van der Waals surface area contributed by atoms with Crippen molar-refractivity contribution in [3.8, 4) is 0 Å². The number of allylic oxidation sites excluding steroid dienone is 1. The van der Waals surface area contributed by atoms with Crippen LogP contribution in [0.4, 0.5) is 0 Å². The molecule has 0 radical (unpaired) electrons. The van der Waals surface area contributed by atoms with Gasteiger partial charge in [0.2, 0.25) is 11.8 Å². The molecular weight excluding hydrogens is 408 g/mol. The number of aliphatic hydroxyl groups is 1. The van der Waals surface area contributed by atoms with Gasteiger partial charge in [-0.05, 0) is 32.6 Å². The van der Waals surface area contributed by atoms with Crippen LogP contribution in [0.25, 0.3) is 0 Å². The molecule has 3 rings (SSSR count). The maximum absolute atomic E-state index is 12.8. The van der Waals surface area contributed by atoms with Crippen LogP contribution < -0.4 is 10.6 Å². The molecule has 168 valence electrons. The Balaban J connectivity index is 1.83. The molecule has 2 aliphatic heterocycles. The molecule has 2 unspecified atom stereocenters. The molecule has 0 aromatic carbocycles. The van der Waals surface area contributed by atoms with Gasteiger partial charge in [-0.15, -0.1) is 0 Å². The van der Waals surface area contributed by atoms with E-state index in [1.165, 1.54) is 25.8 Å². The molecule has 6 atom stereocenters. The number of hydrogen-bond acceptors (Lipinski definition) is 7. The lowest BCUT2D eigenvalue weighted by Gasteiger charge is -2.47. The van der Waals surface area contributed by atoms with Crippen molar-refractivity contribution in [3.05, 3.63) is 12.2 Å². The predicted octanol–water partition coefficient (Wildman–Crippen LogP) is 0.778. The molecule has 3 N–H and O–H groups in total. The topological polar surface area (TPSA) is 114 Å². The number of thioether (sulfide) groups is 1. The Morgan fingerprint density at radius 1 is 1.47 bits per heavy atom. The molecule has 0 saturated carbocycles. The van der Waals surface area contributed by atoms with Gasteiger partial charge in [-0.25, -0.2) is 4.79 Å². The highest BCUT2D eigenvalue weighted by Crippen LogP contribution is 2.50. The summed E-state index contributed by atoms with van der Waals surface area (Å²) >= 11 is 1.39. The summed E-state index contributed by atoms with van der Waals surface area (Å²) in [5.74, 6) is -0.728. The van der Waals surface area contributed by atoms with Gasteiger partial charge >= 0.3 is 5.97 Å². The fourth-order valence-corrected chi connectivity index (χ4v) is 6.43. The molecule has 30 heavy (non-hydrogen) atoms. The number of aliphatic hydroxyl groups excluding tert-OH is 1. The molecule has 2 amide bonds. The van der Waals surface area contributed by atoms with Gasteiger partial charge in [-0.3, -0.25) is 9.59 Å². The molecule has 2 fully saturated rings. The van der Waals surface area contributed by atoms with Crippen LogP contribution in [0.3, 0.4) is 0 Å². The van der Waals surface area contributed by atoms with E-state index in [9.17, 15) is 19.5 Å². The van der Waals surface area contributed by atoms with E-state index in [1.807, 2.05) is 13.0 Å². The fraction of sp³-hybridized carbons (Fsp3) is 0.762. The van der Waals surface area contributed by atoms with Crippen molar-refractivity contribution in [1.82, 2.24) is 10.6 Å². The number of carbonyl (C=O) groups excluding carboxylic acids is 3. The summed E-state index contributed by atoms with van der Waals surface area (Å²) in [6.07, 6.45) is 6.74. The van der Waals surface area contributed by atoms with Crippen LogP contribution in [-0.2, 0) is 23.9 Å². The van der Waals surface area contributed by atoms with Crippen LogP contribution in [0.1, 0.15) is 39.5 Å². The molecule has 1 aliphatic carbocycles. The molecule has 2 saturated heterocycles. The molecule has 9 heteroatoms. The first-order valence-electron chi connectivity index (χ1n) is 10.5. The van der Waals surface area contributed by atoms with Crippen LogP contribution in [0.15, 0.2) is 12.2 Å². The molecule has 0 aromatic rings. The van der Waals surface area contributed by atoms with Gasteiger partial charge < -0.3 is 25.2 Å². The van der Waals surface area contributed by atoms with Crippen molar-refractivity contribution in [2.45, 2.75) is 62.8 Å². The maximum atomic E-state index is 12.8. The number of fused-ring (bicyclic) bond motifs is 1. The summed E-state index contributed by atoms with van der Waals surface area (Å²) in [5.41, 5.74) is -1.82. The number of amides is 2. The van der Waals surface area contributed by atoms with Crippen molar-refractivity contribution < 1.29 is 29.0 Å². The minimum atomic E-state index is -0.987. The lowest BCUT2D eigenvalue weighted by Crippen LogP contribution is -2.67. The molecular formula is C21H32N2O6S. The Hall–Kier alpha value is -1.58. The van der Waals surface area contributed by atoms with Crippen LogP contribution in [0, 0.1) is 11.8 Å². The Morgan fingerprint density at radius 2 is 2.23 bits per heavy atom. The molecule has 0 spiro atoms. The number of carbonyl (C=O) groups is 3. The van der Waals surface area contributed by atoms with Crippen molar-refractivity contribution in [1.29, 1.82) is 0 Å². The summed E-state index contributed by atoms with van der Waals surface area (Å²) in [7, 11) is 1.28. The van der Waals surface area contributed by atoms with Crippen LogP contribution in [0.5, 0.6) is 0 Å². The summed E-state index contributed by atoms with van der Waals surface area (Å²) in [6.45, 7) is 3.73. The third kappa shape index (κ3) is 4.11. The average molecular weight is 441 g/mol. The summed E-state index contributed by atoms with van der Waals surface area (Å²) < 4.78 is 10.9. The Morgan fingerprint density at radius 3 is 2.87 bits per heavy atom. The molecule has 2 heterocycles. The van der Waals surface area contributed by atoms with E-state index in [4.69, 9.17) is 9.47 Å². The lowest BCUT2D eigenvalue weighted by molar-refractivity contribution is -0.144. The minimum Gasteiger partial charge on any atom is -0.467 e. The molecule has 0 bridgehead atoms. The van der Waals surface area contributed by atoms with Crippen molar-refractivity contribution in [2.75, 3.05) is 25.2 Å². The number of ether oxygens (including phenoxy) is 2. The van der Waals surface area contributed by atoms with E-state index in [2.05, 4.69) is 16.7 Å². The average Bonchev–Trinajstić information content (AvgIpc) is 3.22. The zero-order valence-electron chi connectivity index (χ0n) is 17.8. The highest BCUT2D eigenvalue weighted by Gasteiger charge is 2.68. The van der Waals surface area contributed by atoms with E-state index < -0.39 is 29.3 Å². The third-order valence-corrected chi connectivity index (χ3v) is 7.93. The highest BCUT2D eigenvalue weighted by molar-refractivity contribution is 7.99. The van der Waals surface area contributed by atoms with Gasteiger partial charge in [0, 0.05) is 31.0 Å². The van der Waals surface area contributed by atoms with Crippen LogP contribution >= 0.6 is 11.8 Å². The first kappa shape index (κ1) is 23.1. The Bertz CT molecular complexity index is 716. The van der Waals surface area contributed by atoms with E-state index >= 15 is 0 Å². The first-order valence-corrected chi connectivity index (χ1v) is 11.6. The number of methoxy groups -OCH3 is 1. The van der Waals surface area contributed by atoms with Gasteiger partial charge in [0.25, 0.3) is 0 Å². The third-order valence-electron chi connectivity index (χ3n) is 6.70. The van der Waals surface area contributed by atoms with Gasteiger partial charge in [-0.2, -0.15) is 11.8 Å². The number of hydrogen-bond donors (Lipinski definition) is 3. The smallest absolute Gasteiger partial charge is 0.329 e. The molecule has 3 aliphatic rings. The van der Waals surface area contributed by atoms with E-state index in [0.29, 0.717) is 18.8 Å². The zero-order chi connectivity index (χ0) is 21.9.